The number of carbonyl (C=O) groups excluding carboxylic acids is 2. The van der Waals surface area contributed by atoms with Crippen molar-refractivity contribution < 1.29 is 24.0 Å². The van der Waals surface area contributed by atoms with Crippen molar-refractivity contribution in [2.45, 2.75) is 6.04 Å². The van der Waals surface area contributed by atoms with E-state index in [-0.39, 0.29) is 22.2 Å². The molecule has 0 saturated heterocycles. The third-order valence-corrected chi connectivity index (χ3v) is 6.42. The zero-order valence-electron chi connectivity index (χ0n) is 16.5. The molecule has 1 atom stereocenters. The van der Waals surface area contributed by atoms with Crippen molar-refractivity contribution in [1.29, 1.82) is 0 Å². The standard InChI is InChI=1S/C22H12ClN3O6S/c23-12-5-8-14-16(10-12)33-22(24-14)25-18(11-3-6-13(7-4-11)26(30)31)17(20(28)21(25)29)19(27)15-2-1-9-32-15/h1-10,18,28H. The Morgan fingerprint density at radius 2 is 1.97 bits per heavy atom. The normalized spacial score (nSPS) is 16.1. The number of ketones is 1. The minimum absolute atomic E-state index is 0.0609. The zero-order chi connectivity index (χ0) is 23.3. The number of aliphatic hydroxyl groups excluding tert-OH is 1. The summed E-state index contributed by atoms with van der Waals surface area (Å²) < 4.78 is 5.89. The Hall–Kier alpha value is -4.02. The van der Waals surface area contributed by atoms with Gasteiger partial charge in [0.25, 0.3) is 11.6 Å². The second-order valence-corrected chi connectivity index (χ2v) is 8.55. The average molecular weight is 482 g/mol. The maximum absolute atomic E-state index is 13.2. The Morgan fingerprint density at radius 3 is 2.64 bits per heavy atom. The van der Waals surface area contributed by atoms with Crippen LogP contribution in [0.5, 0.6) is 0 Å². The molecule has 2 aromatic heterocycles. The molecule has 3 heterocycles. The fourth-order valence-corrected chi connectivity index (χ4v) is 4.93. The van der Waals surface area contributed by atoms with Crippen LogP contribution in [-0.4, -0.2) is 26.7 Å². The summed E-state index contributed by atoms with van der Waals surface area (Å²) in [6, 6.07) is 12.3. The highest BCUT2D eigenvalue weighted by molar-refractivity contribution is 7.22. The number of nitro benzene ring substituents is 1. The number of hydrogen-bond acceptors (Lipinski definition) is 8. The molecule has 2 aromatic carbocycles. The van der Waals surface area contributed by atoms with Gasteiger partial charge < -0.3 is 9.52 Å². The minimum Gasteiger partial charge on any atom is -0.503 e. The molecule has 1 aliphatic heterocycles. The molecule has 5 rings (SSSR count). The number of aromatic nitrogens is 1. The second kappa shape index (κ2) is 7.84. The summed E-state index contributed by atoms with van der Waals surface area (Å²) in [5.41, 5.74) is 0.600. The molecule has 0 radical (unpaired) electrons. The number of halogens is 1. The van der Waals surface area contributed by atoms with E-state index in [0.29, 0.717) is 20.8 Å². The Balaban J connectivity index is 1.67. The summed E-state index contributed by atoms with van der Waals surface area (Å²) in [5.74, 6) is -2.30. The minimum atomic E-state index is -1.08. The first-order valence-electron chi connectivity index (χ1n) is 9.50. The Morgan fingerprint density at radius 1 is 1.21 bits per heavy atom. The number of furan rings is 1. The lowest BCUT2D eigenvalue weighted by atomic mass is 9.95. The summed E-state index contributed by atoms with van der Waals surface area (Å²) in [6.45, 7) is 0. The number of non-ortho nitro benzene ring substituents is 1. The highest BCUT2D eigenvalue weighted by Crippen LogP contribution is 2.44. The lowest BCUT2D eigenvalue weighted by Crippen LogP contribution is -2.30. The molecule has 1 unspecified atom stereocenters. The van der Waals surface area contributed by atoms with Gasteiger partial charge >= 0.3 is 0 Å². The van der Waals surface area contributed by atoms with Gasteiger partial charge in [0.2, 0.25) is 5.78 Å². The number of thiazole rings is 1. The molecule has 1 N–H and O–H groups in total. The van der Waals surface area contributed by atoms with Gasteiger partial charge in [-0.25, -0.2) is 4.98 Å². The van der Waals surface area contributed by atoms with Crippen molar-refractivity contribution in [3.05, 3.63) is 98.7 Å². The molecule has 0 aliphatic carbocycles. The molecular formula is C22H12ClN3O6S. The van der Waals surface area contributed by atoms with E-state index in [0.717, 1.165) is 11.3 Å². The van der Waals surface area contributed by atoms with Gasteiger partial charge in [0.1, 0.15) is 0 Å². The average Bonchev–Trinajstić information content (AvgIpc) is 3.52. The third-order valence-electron chi connectivity index (χ3n) is 5.16. The molecule has 4 aromatic rings. The first-order chi connectivity index (χ1) is 15.8. The predicted octanol–water partition coefficient (Wildman–Crippen LogP) is 5.23. The molecule has 0 saturated carbocycles. The molecule has 1 aliphatic rings. The number of hydrogen-bond donors (Lipinski definition) is 1. The van der Waals surface area contributed by atoms with Gasteiger partial charge in [0.05, 0.1) is 33.0 Å². The van der Waals surface area contributed by atoms with E-state index in [1.165, 1.54) is 47.6 Å². The number of nitrogens with zero attached hydrogens (tertiary/aromatic N) is 3. The summed E-state index contributed by atoms with van der Waals surface area (Å²) >= 11 is 7.23. The molecule has 11 heteroatoms. The fraction of sp³-hybridized carbons (Fsp3) is 0.0455. The van der Waals surface area contributed by atoms with Gasteiger partial charge in [0.15, 0.2) is 16.7 Å². The quantitative estimate of drug-likeness (QED) is 0.235. The highest BCUT2D eigenvalue weighted by atomic mass is 35.5. The van der Waals surface area contributed by atoms with E-state index in [1.807, 2.05) is 0 Å². The molecule has 1 amide bonds. The monoisotopic (exact) mass is 481 g/mol. The smallest absolute Gasteiger partial charge is 0.296 e. The van der Waals surface area contributed by atoms with Crippen LogP contribution in [0, 0.1) is 10.1 Å². The number of benzene rings is 2. The lowest BCUT2D eigenvalue weighted by molar-refractivity contribution is -0.384. The fourth-order valence-electron chi connectivity index (χ4n) is 3.66. The van der Waals surface area contributed by atoms with E-state index in [1.54, 1.807) is 18.2 Å². The van der Waals surface area contributed by atoms with Gasteiger partial charge in [-0.3, -0.25) is 24.6 Å². The largest absolute Gasteiger partial charge is 0.503 e. The van der Waals surface area contributed by atoms with Crippen LogP contribution < -0.4 is 4.90 Å². The Kier molecular flexibility index (Phi) is 4.95. The number of Topliss-reactive ketones (excluding diaryl/α,β-unsaturated/α-hetero) is 1. The Bertz CT molecular complexity index is 1460. The summed E-state index contributed by atoms with van der Waals surface area (Å²) in [5, 5.41) is 22.5. The van der Waals surface area contributed by atoms with Crippen LogP contribution in [0.3, 0.4) is 0 Å². The Labute approximate surface area is 194 Å². The second-order valence-electron chi connectivity index (χ2n) is 7.10. The number of anilines is 1. The van der Waals surface area contributed by atoms with Crippen LogP contribution in [0.1, 0.15) is 22.2 Å². The zero-order valence-corrected chi connectivity index (χ0v) is 18.0. The molecule has 0 fully saturated rings. The lowest BCUT2D eigenvalue weighted by Gasteiger charge is -2.24. The van der Waals surface area contributed by atoms with E-state index in [4.69, 9.17) is 16.0 Å². The van der Waals surface area contributed by atoms with E-state index in [2.05, 4.69) is 4.98 Å². The van der Waals surface area contributed by atoms with E-state index >= 15 is 0 Å². The number of fused-ring (bicyclic) bond motifs is 1. The van der Waals surface area contributed by atoms with Crippen molar-refractivity contribution in [1.82, 2.24) is 4.98 Å². The molecule has 164 valence electrons. The predicted molar refractivity (Wildman–Crippen MR) is 121 cm³/mol. The maximum atomic E-state index is 13.2. The van der Waals surface area contributed by atoms with Crippen molar-refractivity contribution >= 4 is 55.7 Å². The third kappa shape index (κ3) is 3.45. The van der Waals surface area contributed by atoms with Gasteiger partial charge in [-0.15, -0.1) is 0 Å². The maximum Gasteiger partial charge on any atom is 0.296 e. The van der Waals surface area contributed by atoms with Crippen molar-refractivity contribution in [2.75, 3.05) is 4.90 Å². The summed E-state index contributed by atoms with van der Waals surface area (Å²) in [7, 11) is 0. The number of aliphatic hydroxyl groups is 1. The summed E-state index contributed by atoms with van der Waals surface area (Å²) in [4.78, 5) is 42.6. The van der Waals surface area contributed by atoms with Gasteiger partial charge in [0, 0.05) is 17.2 Å². The molecule has 9 nitrogen and oxygen atoms in total. The number of carbonyl (C=O) groups is 2. The van der Waals surface area contributed by atoms with Crippen molar-refractivity contribution in [3.63, 3.8) is 0 Å². The first kappa shape index (κ1) is 20.9. The number of nitro groups is 1. The number of amides is 1. The molecule has 33 heavy (non-hydrogen) atoms. The molecular weight excluding hydrogens is 470 g/mol. The van der Waals surface area contributed by atoms with Gasteiger partial charge in [-0.1, -0.05) is 22.9 Å². The van der Waals surface area contributed by atoms with Gasteiger partial charge in [-0.2, -0.15) is 0 Å². The van der Waals surface area contributed by atoms with Crippen molar-refractivity contribution in [3.8, 4) is 0 Å². The van der Waals surface area contributed by atoms with Crippen LogP contribution in [0.25, 0.3) is 10.2 Å². The first-order valence-corrected chi connectivity index (χ1v) is 10.7. The highest BCUT2D eigenvalue weighted by Gasteiger charge is 2.46. The summed E-state index contributed by atoms with van der Waals surface area (Å²) in [6.07, 6.45) is 1.30. The van der Waals surface area contributed by atoms with E-state index < -0.39 is 28.4 Å². The van der Waals surface area contributed by atoms with Crippen LogP contribution in [0.2, 0.25) is 5.02 Å². The molecule has 0 bridgehead atoms. The van der Waals surface area contributed by atoms with E-state index in [9.17, 15) is 24.8 Å². The van der Waals surface area contributed by atoms with Crippen LogP contribution in [-0.2, 0) is 4.79 Å². The van der Waals surface area contributed by atoms with Gasteiger partial charge in [-0.05, 0) is 48.0 Å². The topological polar surface area (TPSA) is 127 Å². The van der Waals surface area contributed by atoms with Crippen LogP contribution in [0.4, 0.5) is 10.8 Å². The van der Waals surface area contributed by atoms with Crippen molar-refractivity contribution in [2.24, 2.45) is 0 Å². The number of rotatable bonds is 5. The van der Waals surface area contributed by atoms with Crippen LogP contribution >= 0.6 is 22.9 Å². The molecule has 0 spiro atoms. The SMILES string of the molecule is O=C(C1=C(O)C(=O)N(c2nc3ccc(Cl)cc3s2)C1c1ccc([N+](=O)[O-])cc1)c1ccco1. The van der Waals surface area contributed by atoms with Crippen LogP contribution in [0.15, 0.2) is 76.6 Å².